The number of amides is 1. The van der Waals surface area contributed by atoms with Crippen molar-refractivity contribution in [2.75, 3.05) is 0 Å². The number of halogens is 3. The molecule has 10 heteroatoms. The Morgan fingerprint density at radius 2 is 1.82 bits per heavy atom. The van der Waals surface area contributed by atoms with Gasteiger partial charge in [0, 0.05) is 4.47 Å². The smallest absolute Gasteiger partial charge is 0.332 e. The highest BCUT2D eigenvalue weighted by molar-refractivity contribution is 9.10. The summed E-state index contributed by atoms with van der Waals surface area (Å²) in [4.78, 5) is 35.2. The molecule has 0 saturated carbocycles. The Labute approximate surface area is 164 Å². The third kappa shape index (κ3) is 2.97. The summed E-state index contributed by atoms with van der Waals surface area (Å²) in [6.45, 7) is 0. The van der Waals surface area contributed by atoms with Crippen LogP contribution < -0.4 is 11.4 Å². The topological polar surface area (TPSA) is 107 Å². The minimum Gasteiger partial charge on any atom is -0.364 e. The van der Waals surface area contributed by atoms with E-state index in [9.17, 15) is 18.4 Å². The number of nitrogens with zero attached hydrogens (tertiary/aromatic N) is 3. The second kappa shape index (κ2) is 6.64. The molecule has 4 rings (SSSR count). The molecular weight excluding hydrogens is 436 g/mol. The zero-order valence-electron chi connectivity index (χ0n) is 13.9. The number of aromatic nitrogens is 4. The van der Waals surface area contributed by atoms with E-state index in [1.54, 1.807) is 0 Å². The number of hydrogen-bond donors (Lipinski definition) is 2. The number of H-pyrrole nitrogens is 1. The minimum absolute atomic E-state index is 0.000907. The van der Waals surface area contributed by atoms with Crippen LogP contribution in [0.2, 0.25) is 0 Å². The summed E-state index contributed by atoms with van der Waals surface area (Å²) in [5, 5.41) is 0. The molecular formula is C18H10BrF2N5O2. The van der Waals surface area contributed by atoms with Gasteiger partial charge in [0.15, 0.2) is 17.2 Å². The monoisotopic (exact) mass is 445 g/mol. The molecule has 2 aromatic carbocycles. The number of hydrogen-bond acceptors (Lipinski definition) is 4. The number of primary amides is 1. The highest BCUT2D eigenvalue weighted by Gasteiger charge is 2.21. The fourth-order valence-electron chi connectivity index (χ4n) is 2.78. The molecule has 0 unspecified atom stereocenters. The normalized spacial score (nSPS) is 11.1. The Morgan fingerprint density at radius 1 is 1.11 bits per heavy atom. The third-order valence-corrected chi connectivity index (χ3v) is 4.52. The van der Waals surface area contributed by atoms with Gasteiger partial charge in [-0.1, -0.05) is 15.9 Å². The first-order valence-corrected chi connectivity index (χ1v) is 8.68. The number of benzene rings is 2. The van der Waals surface area contributed by atoms with Crippen LogP contribution in [-0.4, -0.2) is 25.4 Å². The van der Waals surface area contributed by atoms with E-state index < -0.39 is 23.2 Å². The Hall–Kier alpha value is -3.40. The average molecular weight is 446 g/mol. The SMILES string of the molecule is NC(=O)c1nc(-c2cc(Br)ccc2F)nc2c1[nH]c(=O)n2-c1ccc(F)cc1. The first-order chi connectivity index (χ1) is 13.3. The lowest BCUT2D eigenvalue weighted by Gasteiger charge is -2.07. The highest BCUT2D eigenvalue weighted by atomic mass is 79.9. The van der Waals surface area contributed by atoms with Gasteiger partial charge < -0.3 is 10.7 Å². The lowest BCUT2D eigenvalue weighted by atomic mass is 10.2. The van der Waals surface area contributed by atoms with Gasteiger partial charge in [-0.15, -0.1) is 0 Å². The zero-order chi connectivity index (χ0) is 20.0. The molecule has 4 aromatic rings. The summed E-state index contributed by atoms with van der Waals surface area (Å²) in [6, 6.07) is 9.23. The van der Waals surface area contributed by atoms with Gasteiger partial charge in [-0.25, -0.2) is 28.1 Å². The molecule has 0 aliphatic rings. The molecule has 0 bridgehead atoms. The number of carbonyl (C=O) groups excluding carboxylic acids is 1. The molecule has 140 valence electrons. The molecule has 0 spiro atoms. The van der Waals surface area contributed by atoms with E-state index in [-0.39, 0.29) is 28.2 Å². The van der Waals surface area contributed by atoms with Crippen molar-refractivity contribution in [2.45, 2.75) is 0 Å². The van der Waals surface area contributed by atoms with Gasteiger partial charge in [0.25, 0.3) is 5.91 Å². The van der Waals surface area contributed by atoms with Crippen LogP contribution in [0.1, 0.15) is 10.5 Å². The first-order valence-electron chi connectivity index (χ1n) is 7.89. The molecule has 0 aliphatic carbocycles. The van der Waals surface area contributed by atoms with Crippen LogP contribution in [0.5, 0.6) is 0 Å². The van der Waals surface area contributed by atoms with Gasteiger partial charge in [0.05, 0.1) is 11.3 Å². The predicted octanol–water partition coefficient (Wildman–Crippen LogP) is 2.92. The number of fused-ring (bicyclic) bond motifs is 1. The van der Waals surface area contributed by atoms with Crippen LogP contribution in [0.4, 0.5) is 8.78 Å². The van der Waals surface area contributed by atoms with E-state index in [0.717, 1.165) is 4.57 Å². The maximum atomic E-state index is 14.3. The van der Waals surface area contributed by atoms with Crippen molar-refractivity contribution >= 4 is 33.0 Å². The molecule has 0 aliphatic heterocycles. The van der Waals surface area contributed by atoms with Crippen LogP contribution in [-0.2, 0) is 0 Å². The summed E-state index contributed by atoms with van der Waals surface area (Å²) in [5.41, 5.74) is 4.82. The van der Waals surface area contributed by atoms with Crippen molar-refractivity contribution in [3.05, 3.63) is 74.7 Å². The molecule has 0 fully saturated rings. The lowest BCUT2D eigenvalue weighted by Crippen LogP contribution is -2.15. The van der Waals surface area contributed by atoms with Crippen LogP contribution in [0.15, 0.2) is 51.7 Å². The largest absolute Gasteiger partial charge is 0.364 e. The zero-order valence-corrected chi connectivity index (χ0v) is 15.5. The van der Waals surface area contributed by atoms with Gasteiger partial charge in [0.2, 0.25) is 0 Å². The standard InChI is InChI=1S/C18H10BrF2N5O2/c19-8-1-6-12(21)11(7-8)16-23-13(15(22)27)14-17(25-16)26(18(28)24-14)10-4-2-9(20)3-5-10/h1-7H,(H2,22,27)(H,24,28). The van der Waals surface area contributed by atoms with E-state index in [1.807, 2.05) is 0 Å². The maximum Gasteiger partial charge on any atom is 0.332 e. The predicted molar refractivity (Wildman–Crippen MR) is 101 cm³/mol. The number of nitrogens with two attached hydrogens (primary N) is 1. The molecule has 1 amide bonds. The van der Waals surface area contributed by atoms with Crippen molar-refractivity contribution in [3.8, 4) is 17.1 Å². The number of carbonyl (C=O) groups is 1. The quantitative estimate of drug-likeness (QED) is 0.505. The molecule has 2 aromatic heterocycles. The van der Waals surface area contributed by atoms with E-state index in [2.05, 4.69) is 30.9 Å². The van der Waals surface area contributed by atoms with Crippen molar-refractivity contribution < 1.29 is 13.6 Å². The van der Waals surface area contributed by atoms with Crippen molar-refractivity contribution in [1.82, 2.24) is 19.5 Å². The summed E-state index contributed by atoms with van der Waals surface area (Å²) in [7, 11) is 0. The van der Waals surface area contributed by atoms with Gasteiger partial charge in [-0.2, -0.15) is 0 Å². The lowest BCUT2D eigenvalue weighted by molar-refractivity contribution is 0.0997. The molecule has 0 radical (unpaired) electrons. The second-order valence-electron chi connectivity index (χ2n) is 5.82. The second-order valence-corrected chi connectivity index (χ2v) is 6.74. The molecule has 3 N–H and O–H groups in total. The number of nitrogens with one attached hydrogen (secondary N) is 1. The Balaban J connectivity index is 2.08. The van der Waals surface area contributed by atoms with Crippen molar-refractivity contribution in [2.24, 2.45) is 5.73 Å². The van der Waals surface area contributed by atoms with Crippen molar-refractivity contribution in [3.63, 3.8) is 0 Å². The molecule has 7 nitrogen and oxygen atoms in total. The maximum absolute atomic E-state index is 14.3. The van der Waals surface area contributed by atoms with Gasteiger partial charge >= 0.3 is 5.69 Å². The Kier molecular flexibility index (Phi) is 4.27. The first kappa shape index (κ1) is 18.0. The summed E-state index contributed by atoms with van der Waals surface area (Å²) >= 11 is 3.24. The number of rotatable bonds is 3. The minimum atomic E-state index is -0.920. The van der Waals surface area contributed by atoms with Gasteiger partial charge in [-0.05, 0) is 42.5 Å². The molecule has 2 heterocycles. The fourth-order valence-corrected chi connectivity index (χ4v) is 3.14. The molecule has 28 heavy (non-hydrogen) atoms. The van der Waals surface area contributed by atoms with E-state index in [1.165, 1.54) is 42.5 Å². The van der Waals surface area contributed by atoms with E-state index in [0.29, 0.717) is 10.2 Å². The highest BCUT2D eigenvalue weighted by Crippen LogP contribution is 2.26. The molecule has 0 saturated heterocycles. The Morgan fingerprint density at radius 3 is 2.50 bits per heavy atom. The van der Waals surface area contributed by atoms with Gasteiger partial charge in [-0.3, -0.25) is 4.79 Å². The van der Waals surface area contributed by atoms with E-state index >= 15 is 0 Å². The van der Waals surface area contributed by atoms with Crippen LogP contribution in [0.25, 0.3) is 28.2 Å². The summed E-state index contributed by atoms with van der Waals surface area (Å²) in [5.74, 6) is -2.16. The number of imidazole rings is 1. The van der Waals surface area contributed by atoms with Crippen LogP contribution >= 0.6 is 15.9 Å². The summed E-state index contributed by atoms with van der Waals surface area (Å²) < 4.78 is 29.3. The van der Waals surface area contributed by atoms with Crippen LogP contribution in [0.3, 0.4) is 0 Å². The van der Waals surface area contributed by atoms with Crippen molar-refractivity contribution in [1.29, 1.82) is 0 Å². The Bertz CT molecular complexity index is 1300. The van der Waals surface area contributed by atoms with Gasteiger partial charge in [0.1, 0.15) is 17.2 Å². The molecule has 0 atom stereocenters. The number of aromatic amines is 1. The average Bonchev–Trinajstić information content (AvgIpc) is 2.99. The fraction of sp³-hybridized carbons (Fsp3) is 0. The van der Waals surface area contributed by atoms with E-state index in [4.69, 9.17) is 5.73 Å². The van der Waals surface area contributed by atoms with Crippen LogP contribution in [0, 0.1) is 11.6 Å². The third-order valence-electron chi connectivity index (χ3n) is 4.02. The summed E-state index contributed by atoms with van der Waals surface area (Å²) in [6.07, 6.45) is 0.